The maximum atomic E-state index is 11.8. The van der Waals surface area contributed by atoms with Crippen LogP contribution in [0.15, 0.2) is 42.5 Å². The van der Waals surface area contributed by atoms with Crippen LogP contribution >= 0.6 is 0 Å². The summed E-state index contributed by atoms with van der Waals surface area (Å²) in [6.07, 6.45) is -1.51. The second kappa shape index (κ2) is 6.71. The number of carboxylic acids is 1. The van der Waals surface area contributed by atoms with Crippen LogP contribution in [-0.4, -0.2) is 34.9 Å². The van der Waals surface area contributed by atoms with Gasteiger partial charge in [0.2, 0.25) is 0 Å². The zero-order chi connectivity index (χ0) is 15.2. The van der Waals surface area contributed by atoms with Crippen LogP contribution in [0.25, 0.3) is 10.8 Å². The van der Waals surface area contributed by atoms with Crippen LogP contribution in [0, 0.1) is 0 Å². The number of anilines is 1. The Kier molecular flexibility index (Phi) is 4.73. The standard InChI is InChI=1S/C15H16N2O4/c18-13(14(19)20)8-9-16-15(21)17-12-7-3-5-10-4-1-2-6-11(10)12/h1-7,13,18H,8-9H2,(H,19,20)(H2,16,17,21). The van der Waals surface area contributed by atoms with Crippen molar-refractivity contribution in [2.45, 2.75) is 12.5 Å². The van der Waals surface area contributed by atoms with Crippen molar-refractivity contribution in [3.8, 4) is 0 Å². The molecular weight excluding hydrogens is 272 g/mol. The van der Waals surface area contributed by atoms with Crippen molar-refractivity contribution in [2.75, 3.05) is 11.9 Å². The summed E-state index contributed by atoms with van der Waals surface area (Å²) in [5.41, 5.74) is 0.671. The minimum atomic E-state index is -1.47. The van der Waals surface area contributed by atoms with E-state index in [2.05, 4.69) is 10.6 Å². The molecule has 0 spiro atoms. The molecule has 0 radical (unpaired) electrons. The molecule has 4 N–H and O–H groups in total. The van der Waals surface area contributed by atoms with Gasteiger partial charge in [0.05, 0.1) is 5.69 Å². The Hall–Kier alpha value is -2.60. The number of nitrogens with one attached hydrogen (secondary N) is 2. The largest absolute Gasteiger partial charge is 0.479 e. The van der Waals surface area contributed by atoms with Gasteiger partial charge < -0.3 is 20.8 Å². The van der Waals surface area contributed by atoms with Crippen molar-refractivity contribution in [1.29, 1.82) is 0 Å². The molecule has 0 saturated heterocycles. The lowest BCUT2D eigenvalue weighted by atomic mass is 10.1. The van der Waals surface area contributed by atoms with Crippen molar-refractivity contribution >= 4 is 28.5 Å². The van der Waals surface area contributed by atoms with Crippen LogP contribution in [0.3, 0.4) is 0 Å². The maximum Gasteiger partial charge on any atom is 0.332 e. The van der Waals surface area contributed by atoms with E-state index in [1.165, 1.54) is 0 Å². The van der Waals surface area contributed by atoms with Crippen molar-refractivity contribution in [1.82, 2.24) is 5.32 Å². The zero-order valence-corrected chi connectivity index (χ0v) is 11.2. The summed E-state index contributed by atoms with van der Waals surface area (Å²) in [6, 6.07) is 12.8. The molecule has 0 aliphatic rings. The lowest BCUT2D eigenvalue weighted by molar-refractivity contribution is -0.146. The van der Waals surface area contributed by atoms with E-state index < -0.39 is 18.1 Å². The predicted molar refractivity (Wildman–Crippen MR) is 79.2 cm³/mol. The number of carbonyl (C=O) groups is 2. The maximum absolute atomic E-state index is 11.8. The Bertz CT molecular complexity index is 652. The van der Waals surface area contributed by atoms with Crippen LogP contribution in [0.4, 0.5) is 10.5 Å². The number of carbonyl (C=O) groups excluding carboxylic acids is 1. The van der Waals surface area contributed by atoms with Gasteiger partial charge in [0.25, 0.3) is 0 Å². The van der Waals surface area contributed by atoms with Gasteiger partial charge in [-0.05, 0) is 11.5 Å². The van der Waals surface area contributed by atoms with E-state index in [9.17, 15) is 9.59 Å². The number of aliphatic carboxylic acids is 1. The zero-order valence-electron chi connectivity index (χ0n) is 11.2. The highest BCUT2D eigenvalue weighted by Gasteiger charge is 2.13. The SMILES string of the molecule is O=C(NCCC(O)C(=O)O)Nc1cccc2ccccc12. The Morgan fingerprint density at radius 3 is 2.57 bits per heavy atom. The minimum absolute atomic E-state index is 0.0434. The molecule has 110 valence electrons. The molecule has 0 fully saturated rings. The summed E-state index contributed by atoms with van der Waals surface area (Å²) in [7, 11) is 0. The number of aliphatic hydroxyl groups excluding tert-OH is 1. The van der Waals surface area contributed by atoms with Crippen LogP contribution in [-0.2, 0) is 4.79 Å². The van der Waals surface area contributed by atoms with Gasteiger partial charge in [-0.2, -0.15) is 0 Å². The number of benzene rings is 2. The highest BCUT2D eigenvalue weighted by molar-refractivity contribution is 6.01. The summed E-state index contributed by atoms with van der Waals surface area (Å²) in [5.74, 6) is -1.30. The quantitative estimate of drug-likeness (QED) is 0.674. The first-order chi connectivity index (χ1) is 10.1. The summed E-state index contributed by atoms with van der Waals surface area (Å²) in [6.45, 7) is 0.0735. The lowest BCUT2D eigenvalue weighted by Gasteiger charge is -2.11. The summed E-state index contributed by atoms with van der Waals surface area (Å²) >= 11 is 0. The summed E-state index contributed by atoms with van der Waals surface area (Å²) in [4.78, 5) is 22.2. The number of rotatable bonds is 5. The first-order valence-corrected chi connectivity index (χ1v) is 6.51. The Labute approximate surface area is 121 Å². The molecule has 21 heavy (non-hydrogen) atoms. The number of aliphatic hydroxyl groups is 1. The number of amides is 2. The molecule has 2 amide bonds. The molecule has 1 atom stereocenters. The van der Waals surface area contributed by atoms with E-state index in [0.29, 0.717) is 5.69 Å². The first kappa shape index (κ1) is 14.8. The number of urea groups is 1. The summed E-state index contributed by atoms with van der Waals surface area (Å²) in [5, 5.41) is 24.8. The molecule has 2 rings (SSSR count). The monoisotopic (exact) mass is 288 g/mol. The number of hydrogen-bond donors (Lipinski definition) is 4. The third-order valence-electron chi connectivity index (χ3n) is 3.03. The minimum Gasteiger partial charge on any atom is -0.479 e. The van der Waals surface area contributed by atoms with Gasteiger partial charge in [-0.15, -0.1) is 0 Å². The number of hydrogen-bond acceptors (Lipinski definition) is 3. The third kappa shape index (κ3) is 3.93. The molecule has 6 heteroatoms. The molecule has 0 aliphatic carbocycles. The molecule has 2 aromatic carbocycles. The number of carboxylic acid groups (broad SMARTS) is 1. The average molecular weight is 288 g/mol. The second-order valence-electron chi connectivity index (χ2n) is 4.55. The van der Waals surface area contributed by atoms with Crippen molar-refractivity contribution in [3.63, 3.8) is 0 Å². The fourth-order valence-electron chi connectivity index (χ4n) is 1.95. The Morgan fingerprint density at radius 1 is 1.10 bits per heavy atom. The van der Waals surface area contributed by atoms with Gasteiger partial charge in [0.1, 0.15) is 0 Å². The molecule has 0 saturated carbocycles. The van der Waals surface area contributed by atoms with Crippen molar-refractivity contribution < 1.29 is 19.8 Å². The number of fused-ring (bicyclic) bond motifs is 1. The van der Waals surface area contributed by atoms with Crippen LogP contribution < -0.4 is 10.6 Å². The van der Waals surface area contributed by atoms with Gasteiger partial charge >= 0.3 is 12.0 Å². The van der Waals surface area contributed by atoms with Gasteiger partial charge in [0, 0.05) is 18.4 Å². The fraction of sp³-hybridized carbons (Fsp3) is 0.200. The molecule has 2 aromatic rings. The van der Waals surface area contributed by atoms with E-state index in [1.54, 1.807) is 6.07 Å². The van der Waals surface area contributed by atoms with E-state index in [0.717, 1.165) is 10.8 Å². The Balaban J connectivity index is 1.94. The molecule has 6 nitrogen and oxygen atoms in total. The smallest absolute Gasteiger partial charge is 0.332 e. The van der Waals surface area contributed by atoms with Crippen molar-refractivity contribution in [3.05, 3.63) is 42.5 Å². The fourth-order valence-corrected chi connectivity index (χ4v) is 1.95. The van der Waals surface area contributed by atoms with Gasteiger partial charge in [0.15, 0.2) is 6.10 Å². The first-order valence-electron chi connectivity index (χ1n) is 6.51. The van der Waals surface area contributed by atoms with E-state index >= 15 is 0 Å². The normalized spacial score (nSPS) is 11.9. The van der Waals surface area contributed by atoms with Crippen molar-refractivity contribution in [2.24, 2.45) is 0 Å². The van der Waals surface area contributed by atoms with Crippen LogP contribution in [0.1, 0.15) is 6.42 Å². The molecular formula is C15H16N2O4. The second-order valence-corrected chi connectivity index (χ2v) is 4.55. The highest BCUT2D eigenvalue weighted by atomic mass is 16.4. The van der Waals surface area contributed by atoms with Gasteiger partial charge in [-0.1, -0.05) is 36.4 Å². The topological polar surface area (TPSA) is 98.7 Å². The molecule has 0 heterocycles. The van der Waals surface area contributed by atoms with Gasteiger partial charge in [-0.3, -0.25) is 0 Å². The molecule has 0 bridgehead atoms. The molecule has 0 aromatic heterocycles. The summed E-state index contributed by atoms with van der Waals surface area (Å²) < 4.78 is 0. The van der Waals surface area contributed by atoms with Crippen LogP contribution in [0.5, 0.6) is 0 Å². The van der Waals surface area contributed by atoms with E-state index in [1.807, 2.05) is 36.4 Å². The predicted octanol–water partition coefficient (Wildman–Crippen LogP) is 1.80. The lowest BCUT2D eigenvalue weighted by Crippen LogP contribution is -2.33. The highest BCUT2D eigenvalue weighted by Crippen LogP contribution is 2.22. The van der Waals surface area contributed by atoms with E-state index in [4.69, 9.17) is 10.2 Å². The van der Waals surface area contributed by atoms with Crippen LogP contribution in [0.2, 0.25) is 0 Å². The van der Waals surface area contributed by atoms with Gasteiger partial charge in [-0.25, -0.2) is 9.59 Å². The molecule has 1 unspecified atom stereocenters. The average Bonchev–Trinajstić information content (AvgIpc) is 2.47. The van der Waals surface area contributed by atoms with E-state index in [-0.39, 0.29) is 13.0 Å². The molecule has 0 aliphatic heterocycles. The third-order valence-corrected chi connectivity index (χ3v) is 3.03. The Morgan fingerprint density at radius 2 is 1.81 bits per heavy atom.